The topological polar surface area (TPSA) is 50.2 Å². The van der Waals surface area contributed by atoms with Gasteiger partial charge in [-0.1, -0.05) is 6.07 Å². The van der Waals surface area contributed by atoms with Crippen LogP contribution in [0.4, 0.5) is 0 Å². The third-order valence-electron chi connectivity index (χ3n) is 4.30. The van der Waals surface area contributed by atoms with Crippen molar-refractivity contribution < 1.29 is 4.79 Å². The molecule has 7 heteroatoms. The Morgan fingerprint density at radius 2 is 2.04 bits per heavy atom. The van der Waals surface area contributed by atoms with E-state index in [0.717, 1.165) is 42.4 Å². The molecule has 24 heavy (non-hydrogen) atoms. The molecule has 2 aromatic heterocycles. The van der Waals surface area contributed by atoms with Gasteiger partial charge in [0.2, 0.25) is 0 Å². The lowest BCUT2D eigenvalue weighted by Crippen LogP contribution is -2.52. The first-order valence-electron chi connectivity index (χ1n) is 7.71. The fourth-order valence-corrected chi connectivity index (χ4v) is 3.12. The normalized spacial score (nSPS) is 17.0. The molecular formula is C17H24Cl2N4O. The van der Waals surface area contributed by atoms with Gasteiger partial charge < -0.3 is 14.8 Å². The summed E-state index contributed by atoms with van der Waals surface area (Å²) in [7, 11) is 0. The van der Waals surface area contributed by atoms with Crippen LogP contribution in [0.3, 0.4) is 0 Å². The Balaban J connectivity index is 0.00000144. The number of nitrogens with one attached hydrogen (secondary N) is 1. The molecule has 0 radical (unpaired) electrons. The highest BCUT2D eigenvalue weighted by molar-refractivity contribution is 5.96. The van der Waals surface area contributed by atoms with E-state index in [1.807, 2.05) is 47.6 Å². The maximum atomic E-state index is 12.9. The van der Waals surface area contributed by atoms with Crippen LogP contribution in [-0.4, -0.2) is 46.0 Å². The van der Waals surface area contributed by atoms with Gasteiger partial charge >= 0.3 is 0 Å². The van der Waals surface area contributed by atoms with Crippen molar-refractivity contribution in [3.63, 3.8) is 0 Å². The second kappa shape index (κ2) is 8.51. The van der Waals surface area contributed by atoms with Crippen molar-refractivity contribution >= 4 is 30.7 Å². The molecule has 0 bridgehead atoms. The largest absolute Gasteiger partial charge is 0.333 e. The molecule has 1 fully saturated rings. The highest BCUT2D eigenvalue weighted by Crippen LogP contribution is 2.22. The molecule has 0 aliphatic carbocycles. The molecule has 0 spiro atoms. The van der Waals surface area contributed by atoms with Gasteiger partial charge in [-0.15, -0.1) is 24.8 Å². The average Bonchev–Trinajstić information content (AvgIpc) is 2.83. The van der Waals surface area contributed by atoms with Crippen molar-refractivity contribution in [3.05, 3.63) is 47.4 Å². The van der Waals surface area contributed by atoms with Crippen LogP contribution >= 0.6 is 24.8 Å². The van der Waals surface area contributed by atoms with Gasteiger partial charge in [0, 0.05) is 43.3 Å². The van der Waals surface area contributed by atoms with Crippen molar-refractivity contribution in [2.24, 2.45) is 0 Å². The minimum atomic E-state index is 0. The zero-order valence-electron chi connectivity index (χ0n) is 14.2. The molecule has 0 unspecified atom stereocenters. The Labute approximate surface area is 155 Å². The molecule has 1 saturated heterocycles. The van der Waals surface area contributed by atoms with Gasteiger partial charge in [-0.3, -0.25) is 4.79 Å². The second-order valence-corrected chi connectivity index (χ2v) is 5.86. The van der Waals surface area contributed by atoms with Crippen LogP contribution < -0.4 is 5.32 Å². The minimum absolute atomic E-state index is 0. The summed E-state index contributed by atoms with van der Waals surface area (Å²) >= 11 is 0. The molecule has 1 atom stereocenters. The number of amides is 1. The van der Waals surface area contributed by atoms with Crippen LogP contribution in [0, 0.1) is 13.8 Å². The van der Waals surface area contributed by atoms with Crippen molar-refractivity contribution in [3.8, 4) is 5.82 Å². The van der Waals surface area contributed by atoms with E-state index in [1.165, 1.54) is 0 Å². The van der Waals surface area contributed by atoms with Crippen LogP contribution in [0.25, 0.3) is 5.82 Å². The molecule has 1 aliphatic heterocycles. The molecule has 0 aromatic carbocycles. The Morgan fingerprint density at radius 3 is 2.67 bits per heavy atom. The summed E-state index contributed by atoms with van der Waals surface area (Å²) in [5, 5.41) is 3.32. The number of hydrogen-bond acceptors (Lipinski definition) is 3. The van der Waals surface area contributed by atoms with Gasteiger partial charge in [0.1, 0.15) is 5.82 Å². The van der Waals surface area contributed by atoms with Crippen LogP contribution in [0.2, 0.25) is 0 Å². The van der Waals surface area contributed by atoms with Crippen molar-refractivity contribution in [2.45, 2.75) is 26.8 Å². The Morgan fingerprint density at radius 1 is 1.29 bits per heavy atom. The Hall–Kier alpha value is -1.56. The Kier molecular flexibility index (Phi) is 7.27. The number of halogens is 2. The lowest BCUT2D eigenvalue weighted by atomic mass is 10.1. The van der Waals surface area contributed by atoms with Crippen LogP contribution in [-0.2, 0) is 0 Å². The second-order valence-electron chi connectivity index (χ2n) is 5.86. The fourth-order valence-electron chi connectivity index (χ4n) is 3.12. The van der Waals surface area contributed by atoms with Gasteiger partial charge in [-0.05, 0) is 39.0 Å². The summed E-state index contributed by atoms with van der Waals surface area (Å²) in [5.41, 5.74) is 2.76. The van der Waals surface area contributed by atoms with Crippen LogP contribution in [0.1, 0.15) is 28.7 Å². The van der Waals surface area contributed by atoms with E-state index < -0.39 is 0 Å². The molecule has 2 aromatic rings. The first-order chi connectivity index (χ1) is 10.6. The van der Waals surface area contributed by atoms with Gasteiger partial charge in [0.25, 0.3) is 5.91 Å². The van der Waals surface area contributed by atoms with Gasteiger partial charge in [-0.2, -0.15) is 0 Å². The van der Waals surface area contributed by atoms with Crippen molar-refractivity contribution in [2.75, 3.05) is 19.6 Å². The summed E-state index contributed by atoms with van der Waals surface area (Å²) in [4.78, 5) is 19.3. The monoisotopic (exact) mass is 370 g/mol. The lowest BCUT2D eigenvalue weighted by Gasteiger charge is -2.34. The van der Waals surface area contributed by atoms with E-state index in [1.54, 1.807) is 6.20 Å². The number of aryl methyl sites for hydroxylation is 1. The van der Waals surface area contributed by atoms with Gasteiger partial charge in [0.15, 0.2) is 0 Å². The molecule has 3 rings (SSSR count). The van der Waals surface area contributed by atoms with E-state index >= 15 is 0 Å². The number of rotatable bonds is 2. The van der Waals surface area contributed by atoms with Crippen LogP contribution in [0.15, 0.2) is 30.5 Å². The highest BCUT2D eigenvalue weighted by Gasteiger charge is 2.27. The van der Waals surface area contributed by atoms with E-state index in [-0.39, 0.29) is 36.8 Å². The number of pyridine rings is 1. The zero-order valence-corrected chi connectivity index (χ0v) is 15.8. The van der Waals surface area contributed by atoms with E-state index in [4.69, 9.17) is 0 Å². The smallest absolute Gasteiger partial charge is 0.256 e. The first-order valence-corrected chi connectivity index (χ1v) is 7.71. The number of hydrogen-bond donors (Lipinski definition) is 1. The summed E-state index contributed by atoms with van der Waals surface area (Å²) in [6.45, 7) is 8.55. The fraction of sp³-hybridized carbons (Fsp3) is 0.412. The number of carbonyl (C=O) groups excluding carboxylic acids is 1. The lowest BCUT2D eigenvalue weighted by molar-refractivity contribution is 0.0655. The third kappa shape index (κ3) is 3.74. The molecule has 1 N–H and O–H groups in total. The maximum absolute atomic E-state index is 12.9. The zero-order chi connectivity index (χ0) is 15.7. The maximum Gasteiger partial charge on any atom is 0.256 e. The summed E-state index contributed by atoms with van der Waals surface area (Å²) in [6.07, 6.45) is 1.77. The first kappa shape index (κ1) is 20.5. The predicted octanol–water partition coefficient (Wildman–Crippen LogP) is 2.77. The molecule has 3 heterocycles. The molecular weight excluding hydrogens is 347 g/mol. The number of nitrogens with zero attached hydrogens (tertiary/aromatic N) is 3. The molecule has 5 nitrogen and oxygen atoms in total. The van der Waals surface area contributed by atoms with Gasteiger partial charge in [-0.25, -0.2) is 4.98 Å². The van der Waals surface area contributed by atoms with E-state index in [0.29, 0.717) is 0 Å². The minimum Gasteiger partial charge on any atom is -0.333 e. The number of aromatic nitrogens is 2. The van der Waals surface area contributed by atoms with Crippen molar-refractivity contribution in [1.29, 1.82) is 0 Å². The summed E-state index contributed by atoms with van der Waals surface area (Å²) in [6, 6.07) is 8.01. The van der Waals surface area contributed by atoms with Gasteiger partial charge in [0.05, 0.1) is 5.56 Å². The standard InChI is InChI=1S/C17H22N4O.2ClH/c1-12-10-15(17(22)20-9-8-18-11-13(20)2)14(3)21(12)16-6-4-5-7-19-16;;/h4-7,10,13,18H,8-9,11H2,1-3H3;2*1H/t13-;;/m0../s1. The highest BCUT2D eigenvalue weighted by atomic mass is 35.5. The predicted molar refractivity (Wildman–Crippen MR) is 101 cm³/mol. The number of carbonyl (C=O) groups is 1. The molecule has 1 aliphatic rings. The molecule has 1 amide bonds. The molecule has 0 saturated carbocycles. The summed E-state index contributed by atoms with van der Waals surface area (Å²) in [5.74, 6) is 0.967. The van der Waals surface area contributed by atoms with E-state index in [2.05, 4.69) is 17.2 Å². The quantitative estimate of drug-likeness (QED) is 0.883. The average molecular weight is 371 g/mol. The SMILES string of the molecule is Cc1cc(C(=O)N2CCNC[C@@H]2C)c(C)n1-c1ccccn1.Cl.Cl. The number of piperazine rings is 1. The summed E-state index contributed by atoms with van der Waals surface area (Å²) < 4.78 is 2.04. The molecule has 132 valence electrons. The Bertz CT molecular complexity index is 687. The van der Waals surface area contributed by atoms with Crippen molar-refractivity contribution in [1.82, 2.24) is 19.8 Å². The third-order valence-corrected chi connectivity index (χ3v) is 4.30. The van der Waals surface area contributed by atoms with E-state index in [9.17, 15) is 4.79 Å². The van der Waals surface area contributed by atoms with Crippen LogP contribution in [0.5, 0.6) is 0 Å².